The summed E-state index contributed by atoms with van der Waals surface area (Å²) in [5.41, 5.74) is -0.991. The fraction of sp³-hybridized carbons (Fsp3) is 0.875. The number of hydrogen-bond donors (Lipinski definition) is 3. The van der Waals surface area contributed by atoms with Crippen molar-refractivity contribution in [1.29, 1.82) is 0 Å². The van der Waals surface area contributed by atoms with Gasteiger partial charge in [0.05, 0.1) is 30.6 Å². The number of aliphatic hydroxyl groups excluding tert-OH is 1. The summed E-state index contributed by atoms with van der Waals surface area (Å²) in [4.78, 5) is 41.9. The molecule has 6 atom stereocenters. The van der Waals surface area contributed by atoms with Crippen LogP contribution < -0.4 is 10.6 Å². The molecule has 3 heterocycles. The molecule has 2 unspecified atom stereocenters. The van der Waals surface area contributed by atoms with Crippen LogP contribution in [0.15, 0.2) is 0 Å². The number of nitrogens with zero attached hydrogens (tertiary/aromatic N) is 1. The first-order chi connectivity index (χ1) is 15.3. The van der Waals surface area contributed by atoms with Crippen molar-refractivity contribution in [2.45, 2.75) is 96.4 Å². The number of aliphatic hydroxyl groups is 1. The molecule has 2 bridgehead atoms. The lowest BCUT2D eigenvalue weighted by molar-refractivity contribution is -0.146. The maximum Gasteiger partial charge on any atom is 0.245 e. The van der Waals surface area contributed by atoms with Crippen molar-refractivity contribution in [3.8, 4) is 0 Å². The monoisotopic (exact) mass is 451 g/mol. The maximum atomic E-state index is 13.8. The summed E-state index contributed by atoms with van der Waals surface area (Å²) in [7, 11) is 0. The summed E-state index contributed by atoms with van der Waals surface area (Å²) < 4.78 is 6.39. The van der Waals surface area contributed by atoms with Gasteiger partial charge in [-0.1, -0.05) is 40.5 Å². The van der Waals surface area contributed by atoms with E-state index in [9.17, 15) is 19.5 Å². The highest BCUT2D eigenvalue weighted by Gasteiger charge is 2.74. The molecule has 0 saturated carbocycles. The Morgan fingerprint density at radius 1 is 1.16 bits per heavy atom. The predicted octanol–water partition coefficient (Wildman–Crippen LogP) is 1.60. The number of amides is 3. The van der Waals surface area contributed by atoms with E-state index in [-0.39, 0.29) is 36.4 Å². The van der Waals surface area contributed by atoms with Crippen LogP contribution in [-0.4, -0.2) is 71.2 Å². The van der Waals surface area contributed by atoms with Gasteiger partial charge in [0.1, 0.15) is 11.6 Å². The first kappa shape index (κ1) is 25.0. The van der Waals surface area contributed by atoms with Crippen LogP contribution in [0.25, 0.3) is 0 Å². The highest BCUT2D eigenvalue weighted by Crippen LogP contribution is 2.58. The van der Waals surface area contributed by atoms with Crippen LogP contribution in [0, 0.1) is 17.8 Å². The molecule has 32 heavy (non-hydrogen) atoms. The number of rotatable bonds is 12. The van der Waals surface area contributed by atoms with Crippen molar-refractivity contribution in [2.24, 2.45) is 17.8 Å². The SMILES string of the molecule is CCCCCNC(=O)C1N([C@@H](CO)CC(C)C)C(=O)[C@@H]2[C@H](C(=O)NCCC)[C@@H]3CCC12O3. The first-order valence-electron chi connectivity index (χ1n) is 12.5. The van der Waals surface area contributed by atoms with Crippen molar-refractivity contribution in [1.82, 2.24) is 15.5 Å². The van der Waals surface area contributed by atoms with Gasteiger partial charge in [0.25, 0.3) is 0 Å². The van der Waals surface area contributed by atoms with Crippen LogP contribution in [0.2, 0.25) is 0 Å². The lowest BCUT2D eigenvalue weighted by Gasteiger charge is -2.37. The quantitative estimate of drug-likeness (QED) is 0.391. The van der Waals surface area contributed by atoms with Gasteiger partial charge < -0.3 is 25.4 Å². The molecule has 182 valence electrons. The second kappa shape index (κ2) is 10.5. The number of hydrogen-bond acceptors (Lipinski definition) is 5. The van der Waals surface area contributed by atoms with Crippen LogP contribution in [-0.2, 0) is 19.1 Å². The average molecular weight is 452 g/mol. The number of ether oxygens (including phenoxy) is 1. The zero-order valence-electron chi connectivity index (χ0n) is 20.1. The molecule has 0 aromatic carbocycles. The number of carbonyl (C=O) groups excluding carboxylic acids is 3. The van der Waals surface area contributed by atoms with Gasteiger partial charge in [-0.05, 0) is 38.0 Å². The van der Waals surface area contributed by atoms with Gasteiger partial charge in [-0.15, -0.1) is 0 Å². The summed E-state index contributed by atoms with van der Waals surface area (Å²) in [6.45, 7) is 9.03. The topological polar surface area (TPSA) is 108 Å². The molecule has 3 aliphatic heterocycles. The summed E-state index contributed by atoms with van der Waals surface area (Å²) in [6, 6.07) is -1.29. The van der Waals surface area contributed by atoms with Crippen molar-refractivity contribution in [3.63, 3.8) is 0 Å². The van der Waals surface area contributed by atoms with Crippen LogP contribution >= 0.6 is 0 Å². The van der Waals surface area contributed by atoms with Gasteiger partial charge >= 0.3 is 0 Å². The Hall–Kier alpha value is -1.67. The highest BCUT2D eigenvalue weighted by atomic mass is 16.5. The van der Waals surface area contributed by atoms with Gasteiger partial charge in [0, 0.05) is 13.1 Å². The fourth-order valence-corrected chi connectivity index (χ4v) is 5.95. The third kappa shape index (κ3) is 4.40. The van der Waals surface area contributed by atoms with E-state index in [0.717, 1.165) is 25.7 Å². The molecule has 3 fully saturated rings. The molecule has 3 rings (SSSR count). The molecule has 3 aliphatic rings. The third-order valence-electron chi connectivity index (χ3n) is 7.27. The van der Waals surface area contributed by atoms with Crippen molar-refractivity contribution >= 4 is 17.7 Å². The van der Waals surface area contributed by atoms with Gasteiger partial charge in [-0.25, -0.2) is 0 Å². The van der Waals surface area contributed by atoms with Gasteiger partial charge in [0.2, 0.25) is 17.7 Å². The summed E-state index contributed by atoms with van der Waals surface area (Å²) >= 11 is 0. The van der Waals surface area contributed by atoms with Crippen LogP contribution in [0.4, 0.5) is 0 Å². The van der Waals surface area contributed by atoms with Crippen LogP contribution in [0.1, 0.15) is 72.6 Å². The van der Waals surface area contributed by atoms with Crippen LogP contribution in [0.5, 0.6) is 0 Å². The Balaban J connectivity index is 1.93. The zero-order chi connectivity index (χ0) is 23.5. The molecule has 0 radical (unpaired) electrons. The molecule has 0 aromatic heterocycles. The van der Waals surface area contributed by atoms with Gasteiger partial charge in [-0.3, -0.25) is 14.4 Å². The van der Waals surface area contributed by atoms with Crippen molar-refractivity contribution in [2.75, 3.05) is 19.7 Å². The Morgan fingerprint density at radius 2 is 1.88 bits per heavy atom. The number of fused-ring (bicyclic) bond motifs is 1. The minimum absolute atomic E-state index is 0.162. The molecule has 8 nitrogen and oxygen atoms in total. The highest BCUT2D eigenvalue weighted by molar-refractivity contribution is 5.99. The Kier molecular flexibility index (Phi) is 8.20. The maximum absolute atomic E-state index is 13.8. The molecule has 0 aliphatic carbocycles. The fourth-order valence-electron chi connectivity index (χ4n) is 5.95. The van der Waals surface area contributed by atoms with Crippen molar-refractivity contribution in [3.05, 3.63) is 0 Å². The molecular formula is C24H41N3O5. The smallest absolute Gasteiger partial charge is 0.245 e. The average Bonchev–Trinajstić information content (AvgIpc) is 3.40. The van der Waals surface area contributed by atoms with E-state index in [1.54, 1.807) is 4.90 Å². The summed E-state index contributed by atoms with van der Waals surface area (Å²) in [5.74, 6) is -1.63. The molecule has 8 heteroatoms. The van der Waals surface area contributed by atoms with Crippen molar-refractivity contribution < 1.29 is 24.2 Å². The molecule has 3 amide bonds. The second-order valence-electron chi connectivity index (χ2n) is 10.1. The molecule has 1 spiro atoms. The molecular weight excluding hydrogens is 410 g/mol. The number of nitrogens with one attached hydrogen (secondary N) is 2. The van der Waals surface area contributed by atoms with E-state index in [1.807, 2.05) is 20.8 Å². The Bertz CT molecular complexity index is 699. The summed E-state index contributed by atoms with van der Waals surface area (Å²) in [6.07, 6.45) is 5.24. The van der Waals surface area contributed by atoms with E-state index in [0.29, 0.717) is 32.4 Å². The normalized spacial score (nSPS) is 31.8. The van der Waals surface area contributed by atoms with E-state index >= 15 is 0 Å². The first-order valence-corrected chi connectivity index (χ1v) is 12.5. The minimum Gasteiger partial charge on any atom is -0.394 e. The second-order valence-corrected chi connectivity index (χ2v) is 10.1. The van der Waals surface area contributed by atoms with E-state index in [2.05, 4.69) is 17.6 Å². The number of carbonyl (C=O) groups is 3. The molecule has 3 N–H and O–H groups in total. The van der Waals surface area contributed by atoms with Gasteiger partial charge in [0.15, 0.2) is 0 Å². The Morgan fingerprint density at radius 3 is 2.50 bits per heavy atom. The van der Waals surface area contributed by atoms with E-state index < -0.39 is 29.5 Å². The largest absolute Gasteiger partial charge is 0.394 e. The number of unbranched alkanes of at least 4 members (excludes halogenated alkanes) is 2. The van der Waals surface area contributed by atoms with E-state index in [1.165, 1.54) is 0 Å². The van der Waals surface area contributed by atoms with E-state index in [4.69, 9.17) is 4.74 Å². The molecule has 0 aromatic rings. The predicted molar refractivity (Wildman–Crippen MR) is 121 cm³/mol. The molecule has 3 saturated heterocycles. The van der Waals surface area contributed by atoms with Crippen LogP contribution in [0.3, 0.4) is 0 Å². The lowest BCUT2D eigenvalue weighted by Crippen LogP contribution is -2.58. The van der Waals surface area contributed by atoms with Gasteiger partial charge in [-0.2, -0.15) is 0 Å². The summed E-state index contributed by atoms with van der Waals surface area (Å²) in [5, 5.41) is 16.1. The number of likely N-dealkylation sites (tertiary alicyclic amines) is 1. The third-order valence-corrected chi connectivity index (χ3v) is 7.27. The minimum atomic E-state index is -0.991. The lowest BCUT2D eigenvalue weighted by atomic mass is 9.70. The standard InChI is InChI=1S/C24H41N3O5/c1-5-7-8-12-26-22(30)20-24-10-9-17(32-24)18(21(29)25-11-6-2)19(24)23(31)27(20)16(14-28)13-15(3)4/h15-20,28H,5-14H2,1-4H3,(H,25,29)(H,26,30)/t16-,17+,18-,19+,20?,24?/m1/s1. The Labute approximate surface area is 191 Å². The zero-order valence-corrected chi connectivity index (χ0v) is 20.1.